The molecule has 0 atom stereocenters. The molecular formula is C5H4ClN5. The molecule has 11 heavy (non-hydrogen) atoms. The Hall–Kier alpha value is -1.36. The van der Waals surface area contributed by atoms with E-state index in [1.165, 1.54) is 12.5 Å². The number of aromatic nitrogens is 4. The maximum atomic E-state index is 5.60. The molecule has 2 rings (SSSR count). The molecule has 5 nitrogen and oxygen atoms in total. The van der Waals surface area contributed by atoms with E-state index in [0.29, 0.717) is 16.9 Å². The van der Waals surface area contributed by atoms with Crippen LogP contribution in [-0.4, -0.2) is 19.3 Å². The lowest BCUT2D eigenvalue weighted by molar-refractivity contribution is 1.00. The zero-order chi connectivity index (χ0) is 7.84. The van der Waals surface area contributed by atoms with E-state index in [4.69, 9.17) is 17.5 Å². The number of hydrogen-bond acceptors (Lipinski definition) is 4. The summed E-state index contributed by atoms with van der Waals surface area (Å²) in [5.41, 5.74) is 6.03. The smallest absolute Gasteiger partial charge is 0.181 e. The summed E-state index contributed by atoms with van der Waals surface area (Å²) in [4.78, 5) is 7.65. The summed E-state index contributed by atoms with van der Waals surface area (Å²) < 4.78 is 1.13. The molecule has 56 valence electrons. The van der Waals surface area contributed by atoms with E-state index in [0.717, 1.165) is 4.20 Å². The molecule has 2 aromatic heterocycles. The van der Waals surface area contributed by atoms with E-state index < -0.39 is 0 Å². The van der Waals surface area contributed by atoms with Crippen LogP contribution in [0.2, 0.25) is 0 Å². The summed E-state index contributed by atoms with van der Waals surface area (Å²) in [5.74, 6) is 0.391. The first-order valence-corrected chi connectivity index (χ1v) is 3.23. The number of anilines is 1. The number of hydrogen-bond donors (Lipinski definition) is 1. The minimum Gasteiger partial charge on any atom is -0.383 e. The summed E-state index contributed by atoms with van der Waals surface area (Å²) in [6.45, 7) is 0. The maximum Gasteiger partial charge on any atom is 0.181 e. The lowest BCUT2D eigenvalue weighted by atomic mass is 10.4. The van der Waals surface area contributed by atoms with E-state index in [1.807, 2.05) is 0 Å². The van der Waals surface area contributed by atoms with Crippen molar-refractivity contribution < 1.29 is 0 Å². The molecule has 2 N–H and O–H groups in total. The van der Waals surface area contributed by atoms with Crippen LogP contribution >= 0.6 is 11.8 Å². The SMILES string of the molecule is Nc1ncnc2c1cnn2Cl. The third-order valence-corrected chi connectivity index (χ3v) is 1.60. The van der Waals surface area contributed by atoms with Gasteiger partial charge >= 0.3 is 0 Å². The molecule has 0 bridgehead atoms. The first-order valence-electron chi connectivity index (χ1n) is 2.89. The highest BCUT2D eigenvalue weighted by Crippen LogP contribution is 2.15. The second-order valence-corrected chi connectivity index (χ2v) is 2.32. The highest BCUT2D eigenvalue weighted by Gasteiger charge is 2.04. The van der Waals surface area contributed by atoms with Crippen molar-refractivity contribution in [1.82, 2.24) is 19.3 Å². The maximum absolute atomic E-state index is 5.60. The summed E-state index contributed by atoms with van der Waals surface area (Å²) in [5, 5.41) is 4.43. The number of nitrogens with zero attached hydrogens (tertiary/aromatic N) is 4. The summed E-state index contributed by atoms with van der Waals surface area (Å²) in [6, 6.07) is 0. The molecule has 0 radical (unpaired) electrons. The zero-order valence-electron chi connectivity index (χ0n) is 5.40. The lowest BCUT2D eigenvalue weighted by Gasteiger charge is -1.91. The van der Waals surface area contributed by atoms with Crippen molar-refractivity contribution in [1.29, 1.82) is 0 Å². The molecule has 0 spiro atoms. The molecule has 0 aliphatic carbocycles. The highest BCUT2D eigenvalue weighted by atomic mass is 35.5. The van der Waals surface area contributed by atoms with Crippen molar-refractivity contribution >= 4 is 28.6 Å². The average molecular weight is 170 g/mol. The minimum atomic E-state index is 0.391. The van der Waals surface area contributed by atoms with Crippen LogP contribution in [0.3, 0.4) is 0 Å². The summed E-state index contributed by atoms with van der Waals surface area (Å²) >= 11 is 5.60. The van der Waals surface area contributed by atoms with Crippen LogP contribution in [0, 0.1) is 0 Å². The molecule has 0 aliphatic heterocycles. The van der Waals surface area contributed by atoms with Gasteiger partial charge in [0.1, 0.15) is 12.1 Å². The number of rotatable bonds is 0. The van der Waals surface area contributed by atoms with Crippen LogP contribution in [0.4, 0.5) is 5.82 Å². The quantitative estimate of drug-likeness (QED) is 0.620. The van der Waals surface area contributed by atoms with Crippen LogP contribution < -0.4 is 5.73 Å². The van der Waals surface area contributed by atoms with Crippen molar-refractivity contribution in [2.75, 3.05) is 5.73 Å². The molecule has 2 heterocycles. The molecule has 6 heteroatoms. The molecule has 0 saturated heterocycles. The van der Waals surface area contributed by atoms with Crippen LogP contribution in [-0.2, 0) is 0 Å². The Morgan fingerprint density at radius 3 is 3.00 bits per heavy atom. The van der Waals surface area contributed by atoms with Gasteiger partial charge in [0.05, 0.1) is 11.6 Å². The van der Waals surface area contributed by atoms with Gasteiger partial charge < -0.3 is 5.73 Å². The Bertz CT molecular complexity index is 395. The number of fused-ring (bicyclic) bond motifs is 1. The second kappa shape index (κ2) is 2.06. The van der Waals surface area contributed by atoms with Crippen LogP contribution in [0.25, 0.3) is 11.0 Å². The Morgan fingerprint density at radius 2 is 2.27 bits per heavy atom. The van der Waals surface area contributed by atoms with Gasteiger partial charge in [0.25, 0.3) is 0 Å². The average Bonchev–Trinajstić information content (AvgIpc) is 2.35. The van der Waals surface area contributed by atoms with Gasteiger partial charge in [-0.2, -0.15) is 9.30 Å². The van der Waals surface area contributed by atoms with Crippen molar-refractivity contribution in [3.8, 4) is 0 Å². The van der Waals surface area contributed by atoms with Gasteiger partial charge in [-0.05, 0) is 0 Å². The van der Waals surface area contributed by atoms with Gasteiger partial charge in [-0.3, -0.25) is 0 Å². The third kappa shape index (κ3) is 0.813. The van der Waals surface area contributed by atoms with E-state index in [1.54, 1.807) is 0 Å². The van der Waals surface area contributed by atoms with E-state index in [9.17, 15) is 0 Å². The third-order valence-electron chi connectivity index (χ3n) is 1.36. The van der Waals surface area contributed by atoms with Gasteiger partial charge in [0.15, 0.2) is 5.65 Å². The molecule has 2 aromatic rings. The van der Waals surface area contributed by atoms with Crippen molar-refractivity contribution in [2.24, 2.45) is 0 Å². The normalized spacial score (nSPS) is 10.6. The van der Waals surface area contributed by atoms with Crippen LogP contribution in [0.15, 0.2) is 12.5 Å². The predicted molar refractivity (Wildman–Crippen MR) is 41.0 cm³/mol. The van der Waals surface area contributed by atoms with Gasteiger partial charge in [-0.15, -0.1) is 0 Å². The zero-order valence-corrected chi connectivity index (χ0v) is 6.15. The Kier molecular flexibility index (Phi) is 1.19. The van der Waals surface area contributed by atoms with Gasteiger partial charge in [-0.25, -0.2) is 9.97 Å². The topological polar surface area (TPSA) is 69.6 Å². The monoisotopic (exact) mass is 169 g/mol. The molecule has 0 unspecified atom stereocenters. The Balaban J connectivity index is 2.94. The lowest BCUT2D eigenvalue weighted by Crippen LogP contribution is -1.92. The minimum absolute atomic E-state index is 0.391. The fourth-order valence-corrected chi connectivity index (χ4v) is 1.01. The molecule has 0 aromatic carbocycles. The van der Waals surface area contributed by atoms with E-state index >= 15 is 0 Å². The molecular weight excluding hydrogens is 166 g/mol. The van der Waals surface area contributed by atoms with Crippen molar-refractivity contribution in [2.45, 2.75) is 0 Å². The Labute approximate surface area is 66.9 Å². The fraction of sp³-hybridized carbons (Fsp3) is 0. The standard InChI is InChI=1S/C5H4ClN5/c6-11-5-3(1-10-11)4(7)8-2-9-5/h1-2H,(H2,7,8,9). The van der Waals surface area contributed by atoms with Crippen molar-refractivity contribution in [3.63, 3.8) is 0 Å². The van der Waals surface area contributed by atoms with Crippen molar-refractivity contribution in [3.05, 3.63) is 12.5 Å². The molecule has 0 aliphatic rings. The number of nitrogens with two attached hydrogens (primary N) is 1. The molecule has 0 fully saturated rings. The van der Waals surface area contributed by atoms with Crippen LogP contribution in [0.1, 0.15) is 0 Å². The number of halogens is 1. The molecule has 0 saturated carbocycles. The summed E-state index contributed by atoms with van der Waals surface area (Å²) in [6.07, 6.45) is 2.87. The van der Waals surface area contributed by atoms with Crippen LogP contribution in [0.5, 0.6) is 0 Å². The van der Waals surface area contributed by atoms with Gasteiger partial charge in [0, 0.05) is 11.8 Å². The first-order chi connectivity index (χ1) is 5.29. The highest BCUT2D eigenvalue weighted by molar-refractivity contribution is 6.18. The predicted octanol–water partition coefficient (Wildman–Crippen LogP) is 0.410. The van der Waals surface area contributed by atoms with E-state index in [2.05, 4.69) is 15.1 Å². The Morgan fingerprint density at radius 1 is 1.45 bits per heavy atom. The molecule has 0 amide bonds. The number of nitrogen functional groups attached to an aromatic ring is 1. The summed E-state index contributed by atoms with van der Waals surface area (Å²) in [7, 11) is 0. The first kappa shape index (κ1) is 6.36. The second-order valence-electron chi connectivity index (χ2n) is 2.00. The van der Waals surface area contributed by atoms with E-state index in [-0.39, 0.29) is 0 Å². The van der Waals surface area contributed by atoms with Gasteiger partial charge in [0.2, 0.25) is 0 Å². The largest absolute Gasteiger partial charge is 0.383 e. The van der Waals surface area contributed by atoms with Gasteiger partial charge in [-0.1, -0.05) is 0 Å². The fourth-order valence-electron chi connectivity index (χ4n) is 0.833.